The van der Waals surface area contributed by atoms with Crippen molar-refractivity contribution in [3.8, 4) is 5.88 Å². The molecule has 0 aliphatic carbocycles. The van der Waals surface area contributed by atoms with Crippen LogP contribution < -0.4 is 15.4 Å². The maximum absolute atomic E-state index is 10.8. The van der Waals surface area contributed by atoms with Gasteiger partial charge in [0.2, 0.25) is 11.8 Å². The highest BCUT2D eigenvalue weighted by molar-refractivity contribution is 7.21. The van der Waals surface area contributed by atoms with E-state index in [1.165, 1.54) is 11.3 Å². The minimum Gasteiger partial charge on any atom is -0.481 e. The lowest BCUT2D eigenvalue weighted by atomic mass is 10.1. The van der Waals surface area contributed by atoms with Gasteiger partial charge in [0.25, 0.3) is 0 Å². The fraction of sp³-hybridized carbons (Fsp3) is 0.148. The normalized spacial score (nSPS) is 10.8. The van der Waals surface area contributed by atoms with Crippen LogP contribution >= 0.6 is 11.3 Å². The number of aromatic nitrogens is 4. The second kappa shape index (κ2) is 11.0. The van der Waals surface area contributed by atoms with Gasteiger partial charge in [0, 0.05) is 30.7 Å². The zero-order valence-electron chi connectivity index (χ0n) is 20.0. The number of nitrogens with one attached hydrogen (secondary N) is 2. The maximum atomic E-state index is 10.8. The molecule has 0 bridgehead atoms. The second-order valence-corrected chi connectivity index (χ2v) is 9.25. The summed E-state index contributed by atoms with van der Waals surface area (Å²) in [6.45, 7) is 0. The summed E-state index contributed by atoms with van der Waals surface area (Å²) in [5, 5.41) is 16.1. The zero-order chi connectivity index (χ0) is 25.6. The Kier molecular flexibility index (Phi) is 7.18. The number of hydrogen-bond donors (Lipinski definition) is 3. The summed E-state index contributed by atoms with van der Waals surface area (Å²) in [5.41, 5.74) is 4.50. The Morgan fingerprint density at radius 2 is 1.73 bits per heavy atom. The van der Waals surface area contributed by atoms with Gasteiger partial charge in [-0.3, -0.25) is 4.79 Å². The SMILES string of the molecule is COc1ccc2nc(Nc3cc(Cc4ccccc4)nc(Nc4ccc(CCC(=O)O)cc4)n3)sc2n1. The van der Waals surface area contributed by atoms with E-state index in [1.807, 2.05) is 54.6 Å². The predicted octanol–water partition coefficient (Wildman–Crippen LogP) is 5.59. The number of aliphatic carboxylic acids is 1. The lowest BCUT2D eigenvalue weighted by molar-refractivity contribution is -0.136. The largest absolute Gasteiger partial charge is 0.481 e. The van der Waals surface area contributed by atoms with Gasteiger partial charge in [-0.05, 0) is 35.7 Å². The highest BCUT2D eigenvalue weighted by Crippen LogP contribution is 2.29. The molecule has 0 aliphatic heterocycles. The van der Waals surface area contributed by atoms with E-state index >= 15 is 0 Å². The Bertz CT molecular complexity index is 1520. The number of carboxylic acid groups (broad SMARTS) is 1. The van der Waals surface area contributed by atoms with Crippen LogP contribution in [0.5, 0.6) is 5.88 Å². The first-order valence-corrected chi connectivity index (χ1v) is 12.4. The van der Waals surface area contributed by atoms with Crippen molar-refractivity contribution >= 4 is 50.2 Å². The molecule has 0 atom stereocenters. The van der Waals surface area contributed by atoms with Crippen molar-refractivity contribution in [2.75, 3.05) is 17.7 Å². The van der Waals surface area contributed by atoms with Crippen LogP contribution in [0.4, 0.5) is 22.6 Å². The van der Waals surface area contributed by atoms with Crippen molar-refractivity contribution < 1.29 is 14.6 Å². The van der Waals surface area contributed by atoms with Crippen LogP contribution in [0.2, 0.25) is 0 Å². The van der Waals surface area contributed by atoms with E-state index in [9.17, 15) is 4.79 Å². The second-order valence-electron chi connectivity index (χ2n) is 8.27. The number of nitrogens with zero attached hydrogens (tertiary/aromatic N) is 4. The van der Waals surface area contributed by atoms with E-state index in [2.05, 4.69) is 37.7 Å². The van der Waals surface area contributed by atoms with E-state index in [0.29, 0.717) is 35.6 Å². The minimum atomic E-state index is -0.811. The van der Waals surface area contributed by atoms with Crippen LogP contribution in [0, 0.1) is 0 Å². The summed E-state index contributed by atoms with van der Waals surface area (Å²) in [5.74, 6) is 0.770. The number of anilines is 4. The first kappa shape index (κ1) is 24.1. The third-order valence-corrected chi connectivity index (χ3v) is 6.40. The Labute approximate surface area is 217 Å². The van der Waals surface area contributed by atoms with Gasteiger partial charge in [-0.2, -0.15) is 4.98 Å². The van der Waals surface area contributed by atoms with Gasteiger partial charge in [0.1, 0.15) is 16.2 Å². The first-order valence-electron chi connectivity index (χ1n) is 11.6. The fourth-order valence-electron chi connectivity index (χ4n) is 3.72. The van der Waals surface area contributed by atoms with E-state index in [1.54, 1.807) is 13.2 Å². The van der Waals surface area contributed by atoms with Gasteiger partial charge in [-0.25, -0.2) is 15.0 Å². The number of methoxy groups -OCH3 is 1. The van der Waals surface area contributed by atoms with Crippen LogP contribution in [0.1, 0.15) is 23.2 Å². The number of rotatable bonds is 10. The minimum absolute atomic E-state index is 0.0977. The number of fused-ring (bicyclic) bond motifs is 1. The number of thiazole rings is 1. The Balaban J connectivity index is 1.40. The molecule has 0 saturated carbocycles. The molecule has 2 aromatic carbocycles. The molecule has 186 valence electrons. The quantitative estimate of drug-likeness (QED) is 0.220. The number of carbonyl (C=O) groups is 1. The smallest absolute Gasteiger partial charge is 0.303 e. The number of pyridine rings is 1. The van der Waals surface area contributed by atoms with Crippen LogP contribution in [-0.4, -0.2) is 38.1 Å². The highest BCUT2D eigenvalue weighted by atomic mass is 32.1. The van der Waals surface area contributed by atoms with Crippen molar-refractivity contribution in [3.05, 3.63) is 89.6 Å². The molecule has 0 saturated heterocycles. The molecule has 9 nitrogen and oxygen atoms in total. The molecule has 0 radical (unpaired) electrons. The standard InChI is InChI=1S/C27H24N6O3S/c1-36-23-13-12-21-25(33-23)37-27(30-21)32-22-16-20(15-18-5-3-2-4-6-18)29-26(31-22)28-19-10-7-17(8-11-19)9-14-24(34)35/h2-8,10-13,16H,9,14-15H2,1H3,(H,34,35)(H2,28,29,30,31,32). The monoisotopic (exact) mass is 512 g/mol. The first-order chi connectivity index (χ1) is 18.0. The highest BCUT2D eigenvalue weighted by Gasteiger charge is 2.11. The van der Waals surface area contributed by atoms with Gasteiger partial charge in [-0.1, -0.05) is 53.8 Å². The van der Waals surface area contributed by atoms with Gasteiger partial charge < -0.3 is 20.5 Å². The molecule has 3 N–H and O–H groups in total. The number of carboxylic acids is 1. The van der Waals surface area contributed by atoms with Gasteiger partial charge >= 0.3 is 5.97 Å². The number of aryl methyl sites for hydroxylation is 1. The Hall–Kier alpha value is -4.57. The number of benzene rings is 2. The molecule has 0 unspecified atom stereocenters. The lowest BCUT2D eigenvalue weighted by Gasteiger charge is -2.11. The van der Waals surface area contributed by atoms with Crippen molar-refractivity contribution in [1.82, 2.24) is 19.9 Å². The average Bonchev–Trinajstić information content (AvgIpc) is 3.30. The molecule has 0 fully saturated rings. The molecule has 5 rings (SSSR count). The number of hydrogen-bond acceptors (Lipinski definition) is 9. The van der Waals surface area contributed by atoms with E-state index in [0.717, 1.165) is 32.9 Å². The number of ether oxygens (including phenoxy) is 1. The van der Waals surface area contributed by atoms with Crippen molar-refractivity contribution in [2.24, 2.45) is 0 Å². The predicted molar refractivity (Wildman–Crippen MR) is 144 cm³/mol. The summed E-state index contributed by atoms with van der Waals surface area (Å²) in [4.78, 5) is 30.1. The Morgan fingerprint density at radius 1 is 0.919 bits per heavy atom. The van der Waals surface area contributed by atoms with Gasteiger partial charge in [-0.15, -0.1) is 0 Å². The molecule has 0 spiro atoms. The van der Waals surface area contributed by atoms with E-state index in [4.69, 9.17) is 14.8 Å². The van der Waals surface area contributed by atoms with Crippen LogP contribution in [0.15, 0.2) is 72.8 Å². The summed E-state index contributed by atoms with van der Waals surface area (Å²) >= 11 is 1.41. The molecule has 5 aromatic rings. The van der Waals surface area contributed by atoms with Crippen LogP contribution in [-0.2, 0) is 17.6 Å². The van der Waals surface area contributed by atoms with Crippen molar-refractivity contribution in [2.45, 2.75) is 19.3 Å². The lowest BCUT2D eigenvalue weighted by Crippen LogP contribution is -2.04. The summed E-state index contributed by atoms with van der Waals surface area (Å²) in [7, 11) is 1.58. The summed E-state index contributed by atoms with van der Waals surface area (Å²) in [6, 6.07) is 23.3. The average molecular weight is 513 g/mol. The van der Waals surface area contributed by atoms with Crippen LogP contribution in [0.25, 0.3) is 10.3 Å². The van der Waals surface area contributed by atoms with Gasteiger partial charge in [0.15, 0.2) is 5.13 Å². The van der Waals surface area contributed by atoms with E-state index < -0.39 is 5.97 Å². The molecular formula is C27H24N6O3S. The molecular weight excluding hydrogens is 488 g/mol. The third kappa shape index (κ3) is 6.36. The molecule has 3 aromatic heterocycles. The fourth-order valence-corrected chi connectivity index (χ4v) is 4.56. The summed E-state index contributed by atoms with van der Waals surface area (Å²) < 4.78 is 5.22. The Morgan fingerprint density at radius 3 is 2.49 bits per heavy atom. The van der Waals surface area contributed by atoms with Crippen molar-refractivity contribution in [3.63, 3.8) is 0 Å². The zero-order valence-corrected chi connectivity index (χ0v) is 20.8. The summed E-state index contributed by atoms with van der Waals surface area (Å²) in [6.07, 6.45) is 1.22. The van der Waals surface area contributed by atoms with Crippen molar-refractivity contribution in [1.29, 1.82) is 0 Å². The molecule has 10 heteroatoms. The molecule has 0 amide bonds. The molecule has 3 heterocycles. The molecule has 0 aliphatic rings. The van der Waals surface area contributed by atoms with Crippen LogP contribution in [0.3, 0.4) is 0 Å². The molecule has 37 heavy (non-hydrogen) atoms. The topological polar surface area (TPSA) is 122 Å². The van der Waals surface area contributed by atoms with E-state index in [-0.39, 0.29) is 6.42 Å². The maximum Gasteiger partial charge on any atom is 0.303 e. The third-order valence-electron chi connectivity index (χ3n) is 5.52. The van der Waals surface area contributed by atoms with Gasteiger partial charge in [0.05, 0.1) is 12.8 Å².